The maximum atomic E-state index is 13.9. The monoisotopic (exact) mass is 340 g/mol. The van der Waals surface area contributed by atoms with Gasteiger partial charge >= 0.3 is 0 Å². The SMILES string of the molecule is Cc1ccc(CCC(=O)N2CCN(c3ccccc3F)CC2)c(C)c1. The van der Waals surface area contributed by atoms with Crippen LogP contribution >= 0.6 is 0 Å². The molecule has 1 aliphatic heterocycles. The van der Waals surface area contributed by atoms with E-state index < -0.39 is 0 Å². The minimum absolute atomic E-state index is 0.188. The van der Waals surface area contributed by atoms with Gasteiger partial charge in [0.05, 0.1) is 5.69 Å². The largest absolute Gasteiger partial charge is 0.366 e. The van der Waals surface area contributed by atoms with Gasteiger partial charge in [-0.3, -0.25) is 4.79 Å². The van der Waals surface area contributed by atoms with Crippen molar-refractivity contribution in [3.05, 3.63) is 65.0 Å². The van der Waals surface area contributed by atoms with E-state index in [1.165, 1.54) is 22.8 Å². The number of anilines is 1. The summed E-state index contributed by atoms with van der Waals surface area (Å²) in [6.45, 7) is 6.84. The summed E-state index contributed by atoms with van der Waals surface area (Å²) in [5.74, 6) is -0.00900. The Morgan fingerprint density at radius 2 is 1.76 bits per heavy atom. The van der Waals surface area contributed by atoms with E-state index in [4.69, 9.17) is 0 Å². The number of benzene rings is 2. The van der Waals surface area contributed by atoms with Crippen LogP contribution in [0.2, 0.25) is 0 Å². The minimum atomic E-state index is -0.197. The van der Waals surface area contributed by atoms with Crippen molar-refractivity contribution in [2.45, 2.75) is 26.7 Å². The van der Waals surface area contributed by atoms with Crippen molar-refractivity contribution in [3.63, 3.8) is 0 Å². The third-order valence-electron chi connectivity index (χ3n) is 4.93. The molecule has 25 heavy (non-hydrogen) atoms. The number of carbonyl (C=O) groups is 1. The first-order valence-electron chi connectivity index (χ1n) is 8.88. The number of nitrogens with zero attached hydrogens (tertiary/aromatic N) is 2. The zero-order valence-corrected chi connectivity index (χ0v) is 15.0. The predicted octanol–water partition coefficient (Wildman–Crippen LogP) is 3.72. The summed E-state index contributed by atoms with van der Waals surface area (Å²) in [6.07, 6.45) is 1.31. The van der Waals surface area contributed by atoms with E-state index in [2.05, 4.69) is 32.0 Å². The van der Waals surface area contributed by atoms with Gasteiger partial charge in [-0.25, -0.2) is 4.39 Å². The average molecular weight is 340 g/mol. The molecule has 0 aromatic heterocycles. The smallest absolute Gasteiger partial charge is 0.223 e. The third-order valence-corrected chi connectivity index (χ3v) is 4.93. The lowest BCUT2D eigenvalue weighted by molar-refractivity contribution is -0.131. The van der Waals surface area contributed by atoms with Crippen LogP contribution in [0.5, 0.6) is 0 Å². The quantitative estimate of drug-likeness (QED) is 0.847. The molecule has 4 heteroatoms. The molecule has 1 amide bonds. The van der Waals surface area contributed by atoms with Crippen LogP contribution in [0.3, 0.4) is 0 Å². The first-order valence-corrected chi connectivity index (χ1v) is 8.88. The van der Waals surface area contributed by atoms with Gasteiger partial charge < -0.3 is 9.80 Å². The number of rotatable bonds is 4. The van der Waals surface area contributed by atoms with E-state index in [9.17, 15) is 9.18 Å². The molecule has 1 aliphatic rings. The number of hydrogen-bond acceptors (Lipinski definition) is 2. The van der Waals surface area contributed by atoms with Crippen LogP contribution in [0.25, 0.3) is 0 Å². The summed E-state index contributed by atoms with van der Waals surface area (Å²) in [6, 6.07) is 13.2. The molecule has 1 saturated heterocycles. The topological polar surface area (TPSA) is 23.6 Å². The Morgan fingerprint density at radius 1 is 1.04 bits per heavy atom. The fraction of sp³-hybridized carbons (Fsp3) is 0.381. The summed E-state index contributed by atoms with van der Waals surface area (Å²) in [4.78, 5) is 16.4. The second-order valence-electron chi connectivity index (χ2n) is 6.75. The first kappa shape index (κ1) is 17.5. The van der Waals surface area contributed by atoms with E-state index in [0.717, 1.165) is 6.42 Å². The number of hydrogen-bond donors (Lipinski definition) is 0. The number of para-hydroxylation sites is 1. The van der Waals surface area contributed by atoms with Gasteiger partial charge in [0.2, 0.25) is 5.91 Å². The van der Waals surface area contributed by atoms with Gasteiger partial charge in [0.1, 0.15) is 5.82 Å². The fourth-order valence-electron chi connectivity index (χ4n) is 3.43. The molecule has 0 unspecified atom stereocenters. The fourth-order valence-corrected chi connectivity index (χ4v) is 3.43. The van der Waals surface area contributed by atoms with Crippen molar-refractivity contribution in [1.82, 2.24) is 4.90 Å². The van der Waals surface area contributed by atoms with Crippen molar-refractivity contribution in [2.24, 2.45) is 0 Å². The number of piperazine rings is 1. The van der Waals surface area contributed by atoms with Gasteiger partial charge in [-0.05, 0) is 43.5 Å². The van der Waals surface area contributed by atoms with Crippen LogP contribution in [0, 0.1) is 19.7 Å². The first-order chi connectivity index (χ1) is 12.0. The summed E-state index contributed by atoms with van der Waals surface area (Å²) < 4.78 is 13.9. The number of amides is 1. The second-order valence-corrected chi connectivity index (χ2v) is 6.75. The van der Waals surface area contributed by atoms with Gasteiger partial charge in [0.25, 0.3) is 0 Å². The molecule has 132 valence electrons. The highest BCUT2D eigenvalue weighted by Gasteiger charge is 2.22. The standard InChI is InChI=1S/C21H25FN2O/c1-16-7-8-18(17(2)15-16)9-10-21(25)24-13-11-23(12-14-24)20-6-4-3-5-19(20)22/h3-8,15H,9-14H2,1-2H3. The molecular formula is C21H25FN2O. The van der Waals surface area contributed by atoms with Crippen molar-refractivity contribution in [2.75, 3.05) is 31.1 Å². The Kier molecular flexibility index (Phi) is 5.37. The van der Waals surface area contributed by atoms with Crippen LogP contribution in [-0.4, -0.2) is 37.0 Å². The lowest BCUT2D eigenvalue weighted by Crippen LogP contribution is -2.49. The molecule has 1 fully saturated rings. The molecule has 0 bridgehead atoms. The average Bonchev–Trinajstić information content (AvgIpc) is 2.61. The molecule has 3 rings (SSSR count). The van der Waals surface area contributed by atoms with Crippen LogP contribution in [0.1, 0.15) is 23.1 Å². The highest BCUT2D eigenvalue weighted by Crippen LogP contribution is 2.20. The summed E-state index contributed by atoms with van der Waals surface area (Å²) in [5, 5.41) is 0. The van der Waals surface area contributed by atoms with Gasteiger partial charge in [0, 0.05) is 32.6 Å². The Labute approximate surface area is 149 Å². The Balaban J connectivity index is 1.52. The van der Waals surface area contributed by atoms with Crippen LogP contribution in [0.15, 0.2) is 42.5 Å². The predicted molar refractivity (Wildman–Crippen MR) is 99.4 cm³/mol. The van der Waals surface area contributed by atoms with Crippen LogP contribution in [0.4, 0.5) is 10.1 Å². The normalized spacial score (nSPS) is 14.7. The highest BCUT2D eigenvalue weighted by atomic mass is 19.1. The summed E-state index contributed by atoms with van der Waals surface area (Å²) >= 11 is 0. The maximum absolute atomic E-state index is 13.9. The lowest BCUT2D eigenvalue weighted by atomic mass is 10.0. The summed E-state index contributed by atoms with van der Waals surface area (Å²) in [7, 11) is 0. The Bertz CT molecular complexity index is 751. The van der Waals surface area contributed by atoms with Crippen LogP contribution in [-0.2, 0) is 11.2 Å². The molecule has 0 radical (unpaired) electrons. The molecule has 1 heterocycles. The van der Waals surface area contributed by atoms with E-state index in [1.54, 1.807) is 12.1 Å². The van der Waals surface area contributed by atoms with Gasteiger partial charge in [-0.1, -0.05) is 35.9 Å². The number of carbonyl (C=O) groups excluding carboxylic acids is 1. The summed E-state index contributed by atoms with van der Waals surface area (Å²) in [5.41, 5.74) is 4.36. The highest BCUT2D eigenvalue weighted by molar-refractivity contribution is 5.77. The van der Waals surface area contributed by atoms with Crippen molar-refractivity contribution in [1.29, 1.82) is 0 Å². The van der Waals surface area contributed by atoms with Crippen LogP contribution < -0.4 is 4.90 Å². The maximum Gasteiger partial charge on any atom is 0.223 e. The second kappa shape index (κ2) is 7.68. The number of aryl methyl sites for hydroxylation is 3. The molecule has 2 aromatic carbocycles. The van der Waals surface area contributed by atoms with Crippen molar-refractivity contribution < 1.29 is 9.18 Å². The van der Waals surface area contributed by atoms with E-state index in [1.807, 2.05) is 15.9 Å². The Morgan fingerprint density at radius 3 is 2.44 bits per heavy atom. The molecule has 0 saturated carbocycles. The van der Waals surface area contributed by atoms with E-state index >= 15 is 0 Å². The van der Waals surface area contributed by atoms with Gasteiger partial charge in [0.15, 0.2) is 0 Å². The molecule has 3 nitrogen and oxygen atoms in total. The van der Waals surface area contributed by atoms with Gasteiger partial charge in [-0.15, -0.1) is 0 Å². The third kappa shape index (κ3) is 4.19. The van der Waals surface area contributed by atoms with Gasteiger partial charge in [-0.2, -0.15) is 0 Å². The van der Waals surface area contributed by atoms with Crippen molar-refractivity contribution >= 4 is 11.6 Å². The zero-order chi connectivity index (χ0) is 17.8. The van der Waals surface area contributed by atoms with Crippen molar-refractivity contribution in [3.8, 4) is 0 Å². The Hall–Kier alpha value is -2.36. The van der Waals surface area contributed by atoms with E-state index in [0.29, 0.717) is 38.3 Å². The molecule has 0 spiro atoms. The molecule has 0 aliphatic carbocycles. The molecule has 2 aromatic rings. The lowest BCUT2D eigenvalue weighted by Gasteiger charge is -2.36. The molecule has 0 atom stereocenters. The molecule has 0 N–H and O–H groups in total. The minimum Gasteiger partial charge on any atom is -0.366 e. The van der Waals surface area contributed by atoms with E-state index in [-0.39, 0.29) is 11.7 Å². The molecular weight excluding hydrogens is 315 g/mol. The zero-order valence-electron chi connectivity index (χ0n) is 15.0. The number of halogens is 1.